The molecule has 1 saturated heterocycles. The quantitative estimate of drug-likeness (QED) is 0.868. The molecule has 1 aliphatic heterocycles. The molecule has 1 aromatic rings. The average Bonchev–Trinajstić information content (AvgIpc) is 2.92. The van der Waals surface area contributed by atoms with E-state index >= 15 is 0 Å². The number of hydrogen-bond acceptors (Lipinski definition) is 3. The highest BCUT2D eigenvalue weighted by Crippen LogP contribution is 2.21. The summed E-state index contributed by atoms with van der Waals surface area (Å²) in [5, 5.41) is 0. The lowest BCUT2D eigenvalue weighted by atomic mass is 10.1. The lowest BCUT2D eigenvalue weighted by molar-refractivity contribution is -0.120. The van der Waals surface area contributed by atoms with Crippen LogP contribution in [0.15, 0.2) is 24.3 Å². The predicted molar refractivity (Wildman–Crippen MR) is 76.0 cm³/mol. The minimum absolute atomic E-state index is 0.00330. The van der Waals surface area contributed by atoms with Gasteiger partial charge in [-0.2, -0.15) is 0 Å². The number of hydrogen-bond donors (Lipinski definition) is 1. The van der Waals surface area contributed by atoms with Gasteiger partial charge in [0.05, 0.1) is 12.5 Å². The Labute approximate surface area is 118 Å². The van der Waals surface area contributed by atoms with E-state index in [1.165, 1.54) is 12.1 Å². The van der Waals surface area contributed by atoms with Crippen molar-refractivity contribution in [1.29, 1.82) is 0 Å². The van der Waals surface area contributed by atoms with Crippen molar-refractivity contribution < 1.29 is 13.9 Å². The molecule has 0 radical (unpaired) electrons. The first-order valence-corrected chi connectivity index (χ1v) is 7.08. The lowest BCUT2D eigenvalue weighted by Gasteiger charge is -2.24. The zero-order valence-corrected chi connectivity index (χ0v) is 11.6. The first-order chi connectivity index (χ1) is 9.70. The standard InChI is InChI=1S/C15H21FN2O2/c16-12-4-1-5-13(10-12)18(8-3-7-17)15(19)11-14-6-2-9-20-14/h1,4-5,10,14H,2-3,6-9,11,17H2. The van der Waals surface area contributed by atoms with E-state index in [1.54, 1.807) is 17.0 Å². The van der Waals surface area contributed by atoms with Crippen molar-refractivity contribution in [2.24, 2.45) is 5.73 Å². The number of benzene rings is 1. The molecule has 5 heteroatoms. The summed E-state index contributed by atoms with van der Waals surface area (Å²) in [4.78, 5) is 14.0. The van der Waals surface area contributed by atoms with E-state index in [-0.39, 0.29) is 17.8 Å². The summed E-state index contributed by atoms with van der Waals surface area (Å²) in [6, 6.07) is 6.10. The Morgan fingerprint density at radius 3 is 3.00 bits per heavy atom. The monoisotopic (exact) mass is 280 g/mol. The Kier molecular flexibility index (Phi) is 5.49. The van der Waals surface area contributed by atoms with Crippen LogP contribution in [0.5, 0.6) is 0 Å². The SMILES string of the molecule is NCCCN(C(=O)CC1CCCO1)c1cccc(F)c1. The highest BCUT2D eigenvalue weighted by atomic mass is 19.1. The summed E-state index contributed by atoms with van der Waals surface area (Å²) < 4.78 is 18.8. The zero-order valence-electron chi connectivity index (χ0n) is 11.6. The molecule has 0 saturated carbocycles. The second kappa shape index (κ2) is 7.36. The van der Waals surface area contributed by atoms with Crippen molar-refractivity contribution in [2.45, 2.75) is 31.8 Å². The molecule has 1 unspecified atom stereocenters. The molecule has 2 N–H and O–H groups in total. The maximum absolute atomic E-state index is 13.3. The molecule has 110 valence electrons. The third kappa shape index (κ3) is 4.02. The molecule has 1 aromatic carbocycles. The number of nitrogens with zero attached hydrogens (tertiary/aromatic N) is 1. The summed E-state index contributed by atoms with van der Waals surface area (Å²) in [6.07, 6.45) is 2.95. The van der Waals surface area contributed by atoms with Crippen molar-refractivity contribution >= 4 is 11.6 Å². The molecule has 0 aliphatic carbocycles. The van der Waals surface area contributed by atoms with E-state index in [9.17, 15) is 9.18 Å². The van der Waals surface area contributed by atoms with Gasteiger partial charge in [0.15, 0.2) is 0 Å². The van der Waals surface area contributed by atoms with E-state index in [4.69, 9.17) is 10.5 Å². The van der Waals surface area contributed by atoms with Crippen LogP contribution >= 0.6 is 0 Å². The van der Waals surface area contributed by atoms with Crippen LogP contribution in [0.1, 0.15) is 25.7 Å². The fourth-order valence-corrected chi connectivity index (χ4v) is 2.40. The number of rotatable bonds is 6. The van der Waals surface area contributed by atoms with Crippen LogP contribution < -0.4 is 10.6 Å². The van der Waals surface area contributed by atoms with Gasteiger partial charge in [0.1, 0.15) is 5.82 Å². The van der Waals surface area contributed by atoms with Gasteiger partial charge in [0, 0.05) is 18.8 Å². The van der Waals surface area contributed by atoms with Gasteiger partial charge in [0.2, 0.25) is 5.91 Å². The van der Waals surface area contributed by atoms with Gasteiger partial charge in [0.25, 0.3) is 0 Å². The molecule has 1 heterocycles. The zero-order chi connectivity index (χ0) is 14.4. The Bertz CT molecular complexity index is 447. The Balaban J connectivity index is 2.07. The molecule has 0 aromatic heterocycles. The largest absolute Gasteiger partial charge is 0.378 e. The van der Waals surface area contributed by atoms with Crippen molar-refractivity contribution in [1.82, 2.24) is 0 Å². The van der Waals surface area contributed by atoms with Gasteiger partial charge < -0.3 is 15.4 Å². The fourth-order valence-electron chi connectivity index (χ4n) is 2.40. The van der Waals surface area contributed by atoms with Crippen LogP contribution in [0, 0.1) is 5.82 Å². The summed E-state index contributed by atoms with van der Waals surface area (Å²) in [6.45, 7) is 1.73. The molecule has 1 fully saturated rings. The second-order valence-corrected chi connectivity index (χ2v) is 5.01. The lowest BCUT2D eigenvalue weighted by Crippen LogP contribution is -2.35. The van der Waals surface area contributed by atoms with Crippen LogP contribution in [-0.4, -0.2) is 31.7 Å². The van der Waals surface area contributed by atoms with Gasteiger partial charge in [-0.15, -0.1) is 0 Å². The Morgan fingerprint density at radius 1 is 1.50 bits per heavy atom. The number of ether oxygens (including phenoxy) is 1. The minimum Gasteiger partial charge on any atom is -0.378 e. The van der Waals surface area contributed by atoms with Crippen molar-refractivity contribution in [2.75, 3.05) is 24.6 Å². The summed E-state index contributed by atoms with van der Waals surface area (Å²) in [5.74, 6) is -0.374. The van der Waals surface area contributed by atoms with Gasteiger partial charge in [-0.05, 0) is 44.0 Å². The second-order valence-electron chi connectivity index (χ2n) is 5.01. The normalized spacial score (nSPS) is 18.2. The maximum Gasteiger partial charge on any atom is 0.229 e. The van der Waals surface area contributed by atoms with Crippen molar-refractivity contribution in [3.8, 4) is 0 Å². The van der Waals surface area contributed by atoms with Crippen molar-refractivity contribution in [3.63, 3.8) is 0 Å². The van der Waals surface area contributed by atoms with Gasteiger partial charge >= 0.3 is 0 Å². The van der Waals surface area contributed by atoms with Crippen LogP contribution in [0.2, 0.25) is 0 Å². The molecule has 0 spiro atoms. The summed E-state index contributed by atoms with van der Waals surface area (Å²) in [7, 11) is 0. The van der Waals surface area contributed by atoms with Gasteiger partial charge in [-0.25, -0.2) is 4.39 Å². The number of amides is 1. The number of nitrogens with two attached hydrogens (primary N) is 1. The summed E-state index contributed by atoms with van der Waals surface area (Å²) >= 11 is 0. The molecule has 1 atom stereocenters. The topological polar surface area (TPSA) is 55.6 Å². The highest BCUT2D eigenvalue weighted by Gasteiger charge is 2.23. The van der Waals surface area contributed by atoms with Crippen molar-refractivity contribution in [3.05, 3.63) is 30.1 Å². The minimum atomic E-state index is -0.342. The van der Waals surface area contributed by atoms with E-state index in [1.807, 2.05) is 0 Å². The van der Waals surface area contributed by atoms with E-state index in [0.717, 1.165) is 19.4 Å². The molecule has 20 heavy (non-hydrogen) atoms. The molecule has 2 rings (SSSR count). The predicted octanol–water partition coefficient (Wildman–Crippen LogP) is 2.08. The molecule has 0 bridgehead atoms. The number of anilines is 1. The van der Waals surface area contributed by atoms with E-state index in [0.29, 0.717) is 31.6 Å². The average molecular weight is 280 g/mol. The molecule has 1 aliphatic rings. The first kappa shape index (κ1) is 14.9. The fraction of sp³-hybridized carbons (Fsp3) is 0.533. The smallest absolute Gasteiger partial charge is 0.229 e. The third-order valence-corrected chi connectivity index (χ3v) is 3.43. The molecular formula is C15H21FN2O2. The number of carbonyl (C=O) groups excluding carboxylic acids is 1. The number of carbonyl (C=O) groups is 1. The van der Waals surface area contributed by atoms with E-state index in [2.05, 4.69) is 0 Å². The van der Waals surface area contributed by atoms with Crippen LogP contribution in [-0.2, 0) is 9.53 Å². The van der Waals surface area contributed by atoms with Gasteiger partial charge in [-0.3, -0.25) is 4.79 Å². The third-order valence-electron chi connectivity index (χ3n) is 3.43. The van der Waals surface area contributed by atoms with Crippen LogP contribution in [0.4, 0.5) is 10.1 Å². The molecular weight excluding hydrogens is 259 g/mol. The van der Waals surface area contributed by atoms with Crippen LogP contribution in [0.25, 0.3) is 0 Å². The van der Waals surface area contributed by atoms with Gasteiger partial charge in [-0.1, -0.05) is 6.07 Å². The first-order valence-electron chi connectivity index (χ1n) is 7.08. The number of halogens is 1. The van der Waals surface area contributed by atoms with Crippen LogP contribution in [0.3, 0.4) is 0 Å². The highest BCUT2D eigenvalue weighted by molar-refractivity contribution is 5.93. The Hall–Kier alpha value is -1.46. The molecule has 4 nitrogen and oxygen atoms in total. The van der Waals surface area contributed by atoms with E-state index < -0.39 is 0 Å². The molecule has 1 amide bonds. The Morgan fingerprint density at radius 2 is 2.35 bits per heavy atom. The maximum atomic E-state index is 13.3. The summed E-state index contributed by atoms with van der Waals surface area (Å²) in [5.41, 5.74) is 6.10.